The van der Waals surface area contributed by atoms with E-state index < -0.39 is 10.0 Å². The molecule has 1 aliphatic heterocycles. The number of nitrogens with zero attached hydrogens (tertiary/aromatic N) is 2. The van der Waals surface area contributed by atoms with Crippen LogP contribution in [0.25, 0.3) is 0 Å². The predicted octanol–water partition coefficient (Wildman–Crippen LogP) is -0.479. The average Bonchev–Trinajstić information content (AvgIpc) is 2.88. The van der Waals surface area contributed by atoms with Crippen LogP contribution in [0.5, 0.6) is 0 Å². The molecule has 2 heterocycles. The first kappa shape index (κ1) is 10.2. The summed E-state index contributed by atoms with van der Waals surface area (Å²) < 4.78 is 25.4. The zero-order chi connectivity index (χ0) is 11.4. The van der Waals surface area contributed by atoms with E-state index in [0.29, 0.717) is 19.0 Å². The van der Waals surface area contributed by atoms with Gasteiger partial charge in [0.2, 0.25) is 0 Å². The van der Waals surface area contributed by atoms with Gasteiger partial charge in [-0.2, -0.15) is 9.40 Å². The van der Waals surface area contributed by atoms with E-state index in [1.807, 2.05) is 0 Å². The van der Waals surface area contributed by atoms with Crippen molar-refractivity contribution < 1.29 is 8.42 Å². The van der Waals surface area contributed by atoms with Crippen molar-refractivity contribution in [1.82, 2.24) is 14.5 Å². The first-order chi connectivity index (χ1) is 7.52. The van der Waals surface area contributed by atoms with Crippen molar-refractivity contribution in [2.24, 2.45) is 11.7 Å². The summed E-state index contributed by atoms with van der Waals surface area (Å²) in [6.07, 6.45) is 3.70. The molecule has 1 aromatic rings. The van der Waals surface area contributed by atoms with E-state index in [9.17, 15) is 8.42 Å². The van der Waals surface area contributed by atoms with Gasteiger partial charge in [0.1, 0.15) is 0 Å². The SMILES string of the molecule is NC1(C2CC2)CN(S(=O)(=O)c2ccn[nH]2)C1. The number of sulfonamides is 1. The molecule has 16 heavy (non-hydrogen) atoms. The summed E-state index contributed by atoms with van der Waals surface area (Å²) in [5.41, 5.74) is 5.83. The summed E-state index contributed by atoms with van der Waals surface area (Å²) in [6, 6.07) is 1.46. The predicted molar refractivity (Wildman–Crippen MR) is 57.0 cm³/mol. The number of aromatic amines is 1. The van der Waals surface area contributed by atoms with Gasteiger partial charge >= 0.3 is 0 Å². The Morgan fingerprint density at radius 1 is 1.50 bits per heavy atom. The fourth-order valence-electron chi connectivity index (χ4n) is 2.22. The normalized spacial score (nSPS) is 25.3. The number of hydrogen-bond donors (Lipinski definition) is 2. The molecular formula is C9H14N4O2S. The van der Waals surface area contributed by atoms with Gasteiger partial charge in [-0.3, -0.25) is 5.10 Å². The minimum Gasteiger partial charge on any atom is -0.323 e. The summed E-state index contributed by atoms with van der Waals surface area (Å²) >= 11 is 0. The Balaban J connectivity index is 1.77. The van der Waals surface area contributed by atoms with Gasteiger partial charge in [0, 0.05) is 18.6 Å². The van der Waals surface area contributed by atoms with E-state index in [0.717, 1.165) is 12.8 Å². The minimum absolute atomic E-state index is 0.144. The summed E-state index contributed by atoms with van der Waals surface area (Å²) in [5, 5.41) is 6.27. The van der Waals surface area contributed by atoms with Crippen LogP contribution < -0.4 is 5.73 Å². The van der Waals surface area contributed by atoms with Crippen molar-refractivity contribution in [1.29, 1.82) is 0 Å². The number of nitrogens with two attached hydrogens (primary N) is 1. The molecule has 0 atom stereocenters. The van der Waals surface area contributed by atoms with Crippen molar-refractivity contribution in [3.63, 3.8) is 0 Å². The molecule has 0 amide bonds. The van der Waals surface area contributed by atoms with Crippen LogP contribution in [0.1, 0.15) is 12.8 Å². The summed E-state index contributed by atoms with van der Waals surface area (Å²) in [4.78, 5) is 0. The lowest BCUT2D eigenvalue weighted by atomic mass is 9.88. The third kappa shape index (κ3) is 1.39. The highest BCUT2D eigenvalue weighted by Gasteiger charge is 2.54. The molecule has 0 spiro atoms. The zero-order valence-corrected chi connectivity index (χ0v) is 9.57. The minimum atomic E-state index is -3.40. The molecule has 0 aromatic carbocycles. The lowest BCUT2D eigenvalue weighted by Crippen LogP contribution is -2.69. The van der Waals surface area contributed by atoms with E-state index in [4.69, 9.17) is 5.73 Å². The quantitative estimate of drug-likeness (QED) is 0.749. The fourth-order valence-corrected chi connectivity index (χ4v) is 3.72. The molecule has 3 N–H and O–H groups in total. The molecule has 88 valence electrons. The first-order valence-electron chi connectivity index (χ1n) is 5.31. The maximum Gasteiger partial charge on any atom is 0.260 e. The van der Waals surface area contributed by atoms with Crippen LogP contribution in [0.3, 0.4) is 0 Å². The lowest BCUT2D eigenvalue weighted by molar-refractivity contribution is 0.135. The topological polar surface area (TPSA) is 92.1 Å². The molecule has 1 aromatic heterocycles. The van der Waals surface area contributed by atoms with E-state index in [-0.39, 0.29) is 10.6 Å². The smallest absolute Gasteiger partial charge is 0.260 e. The van der Waals surface area contributed by atoms with Gasteiger partial charge in [-0.15, -0.1) is 0 Å². The molecule has 1 aliphatic carbocycles. The molecule has 2 aliphatic rings. The second-order valence-electron chi connectivity index (χ2n) is 4.70. The molecule has 1 saturated carbocycles. The van der Waals surface area contributed by atoms with Gasteiger partial charge in [-0.1, -0.05) is 0 Å². The summed E-state index contributed by atoms with van der Waals surface area (Å²) in [5.74, 6) is 0.515. The van der Waals surface area contributed by atoms with Gasteiger partial charge in [-0.05, 0) is 24.8 Å². The lowest BCUT2D eigenvalue weighted by Gasteiger charge is -2.46. The third-order valence-corrected chi connectivity index (χ3v) is 5.15. The molecule has 0 bridgehead atoms. The summed E-state index contributed by atoms with van der Waals surface area (Å²) in [7, 11) is -3.40. The molecule has 6 nitrogen and oxygen atoms in total. The van der Waals surface area contributed by atoms with Crippen molar-refractivity contribution >= 4 is 10.0 Å². The van der Waals surface area contributed by atoms with E-state index in [1.54, 1.807) is 0 Å². The molecule has 0 radical (unpaired) electrons. The van der Waals surface area contributed by atoms with E-state index in [2.05, 4.69) is 10.2 Å². The monoisotopic (exact) mass is 242 g/mol. The highest BCUT2D eigenvalue weighted by atomic mass is 32.2. The number of rotatable bonds is 3. The fraction of sp³-hybridized carbons (Fsp3) is 0.667. The second-order valence-corrected chi connectivity index (χ2v) is 6.61. The van der Waals surface area contributed by atoms with Crippen LogP contribution in [-0.2, 0) is 10.0 Å². The molecule has 3 rings (SSSR count). The molecular weight excluding hydrogens is 228 g/mol. The van der Waals surface area contributed by atoms with Gasteiger partial charge < -0.3 is 5.73 Å². The zero-order valence-electron chi connectivity index (χ0n) is 8.76. The van der Waals surface area contributed by atoms with Gasteiger partial charge in [0.05, 0.1) is 6.20 Å². The Kier molecular flexibility index (Phi) is 1.96. The standard InChI is InChI=1S/C9H14N4O2S/c10-9(7-1-2-7)5-13(6-9)16(14,15)8-3-4-11-12-8/h3-4,7H,1-2,5-6,10H2,(H,11,12). The highest BCUT2D eigenvalue weighted by molar-refractivity contribution is 7.89. The van der Waals surface area contributed by atoms with Gasteiger partial charge in [0.25, 0.3) is 10.0 Å². The van der Waals surface area contributed by atoms with Crippen molar-refractivity contribution in [3.05, 3.63) is 12.3 Å². The number of nitrogens with one attached hydrogen (secondary N) is 1. The van der Waals surface area contributed by atoms with Crippen LogP contribution >= 0.6 is 0 Å². The molecule has 0 unspecified atom stereocenters. The van der Waals surface area contributed by atoms with Crippen molar-refractivity contribution in [2.75, 3.05) is 13.1 Å². The Morgan fingerprint density at radius 2 is 2.19 bits per heavy atom. The number of hydrogen-bond acceptors (Lipinski definition) is 4. The number of aromatic nitrogens is 2. The Labute approximate surface area is 93.9 Å². The van der Waals surface area contributed by atoms with E-state index in [1.165, 1.54) is 16.6 Å². The first-order valence-corrected chi connectivity index (χ1v) is 6.75. The van der Waals surface area contributed by atoms with Gasteiger partial charge in [0.15, 0.2) is 5.03 Å². The molecule has 2 fully saturated rings. The van der Waals surface area contributed by atoms with Crippen LogP contribution in [0.2, 0.25) is 0 Å². The van der Waals surface area contributed by atoms with Crippen LogP contribution in [0, 0.1) is 5.92 Å². The average molecular weight is 242 g/mol. The van der Waals surface area contributed by atoms with Gasteiger partial charge in [-0.25, -0.2) is 8.42 Å². The second kappa shape index (κ2) is 3.06. The Bertz CT molecular complexity index is 486. The largest absolute Gasteiger partial charge is 0.323 e. The number of H-pyrrole nitrogens is 1. The van der Waals surface area contributed by atoms with E-state index >= 15 is 0 Å². The van der Waals surface area contributed by atoms with Crippen molar-refractivity contribution in [3.8, 4) is 0 Å². The third-order valence-electron chi connectivity index (χ3n) is 3.42. The van der Waals surface area contributed by atoms with Crippen LogP contribution in [-0.4, -0.2) is 41.5 Å². The van der Waals surface area contributed by atoms with Crippen LogP contribution in [0.4, 0.5) is 0 Å². The maximum atomic E-state index is 12.0. The van der Waals surface area contributed by atoms with Crippen LogP contribution in [0.15, 0.2) is 17.3 Å². The maximum absolute atomic E-state index is 12.0. The van der Waals surface area contributed by atoms with Crippen molar-refractivity contribution in [2.45, 2.75) is 23.4 Å². The summed E-state index contributed by atoms with van der Waals surface area (Å²) in [6.45, 7) is 0.859. The Morgan fingerprint density at radius 3 is 2.69 bits per heavy atom. The molecule has 7 heteroatoms. The Hall–Kier alpha value is -0.920. The molecule has 1 saturated heterocycles. The highest BCUT2D eigenvalue weighted by Crippen LogP contribution is 2.44.